The van der Waals surface area contributed by atoms with Gasteiger partial charge in [0.1, 0.15) is 6.07 Å². The van der Waals surface area contributed by atoms with Crippen LogP contribution in [-0.4, -0.2) is 4.45 Å². The largest absolute Gasteiger partial charge is 0.361 e. The first-order valence-electron chi connectivity index (χ1n) is 5.62. The van der Waals surface area contributed by atoms with Crippen molar-refractivity contribution in [2.45, 2.75) is 17.3 Å². The molecule has 0 aliphatic carbocycles. The molecule has 1 aromatic rings. The summed E-state index contributed by atoms with van der Waals surface area (Å²) >= 11 is 9.38. The maximum absolute atomic E-state index is 9.21. The van der Waals surface area contributed by atoms with E-state index in [1.165, 1.54) is 5.56 Å². The molecule has 1 aliphatic heterocycles. The van der Waals surface area contributed by atoms with Gasteiger partial charge in [0.2, 0.25) is 4.45 Å². The summed E-state index contributed by atoms with van der Waals surface area (Å²) in [6.07, 6.45) is 7.30. The van der Waals surface area contributed by atoms with Gasteiger partial charge in [-0.15, -0.1) is 0 Å². The first-order valence-corrected chi connectivity index (χ1v) is 6.80. The lowest BCUT2D eigenvalue weighted by Crippen LogP contribution is -2.37. The van der Waals surface area contributed by atoms with Crippen LogP contribution in [0, 0.1) is 11.3 Å². The standard InChI is InChI=1S/C14H12BrClN2/c15-14(10-17)12(4-2-8-18-14)7-6-11-3-1-5-13(16)9-11/h1-5,8-9,18H,6-7H2. The highest BCUT2D eigenvalue weighted by atomic mass is 79.9. The third-order valence-electron chi connectivity index (χ3n) is 2.84. The van der Waals surface area contributed by atoms with Crippen LogP contribution in [0.4, 0.5) is 0 Å². The van der Waals surface area contributed by atoms with Crippen LogP contribution in [-0.2, 0) is 6.42 Å². The minimum Gasteiger partial charge on any atom is -0.361 e. The van der Waals surface area contributed by atoms with Gasteiger partial charge in [-0.05, 0) is 64.3 Å². The number of rotatable bonds is 3. The van der Waals surface area contributed by atoms with Crippen molar-refractivity contribution in [3.63, 3.8) is 0 Å². The van der Waals surface area contributed by atoms with E-state index in [-0.39, 0.29) is 0 Å². The van der Waals surface area contributed by atoms with E-state index in [2.05, 4.69) is 27.3 Å². The van der Waals surface area contributed by atoms with Gasteiger partial charge in [0.15, 0.2) is 0 Å². The zero-order chi connectivity index (χ0) is 13.0. The van der Waals surface area contributed by atoms with Crippen LogP contribution >= 0.6 is 27.5 Å². The van der Waals surface area contributed by atoms with Crippen LogP contribution in [0.3, 0.4) is 0 Å². The molecule has 18 heavy (non-hydrogen) atoms. The number of nitriles is 1. The highest BCUT2D eigenvalue weighted by molar-refractivity contribution is 9.10. The van der Waals surface area contributed by atoms with Gasteiger partial charge in [-0.3, -0.25) is 0 Å². The lowest BCUT2D eigenvalue weighted by molar-refractivity contribution is 0.704. The fraction of sp³-hybridized carbons (Fsp3) is 0.214. The molecule has 1 aromatic carbocycles. The summed E-state index contributed by atoms with van der Waals surface area (Å²) in [7, 11) is 0. The van der Waals surface area contributed by atoms with Crippen molar-refractivity contribution in [1.29, 1.82) is 5.26 Å². The Labute approximate surface area is 120 Å². The lowest BCUT2D eigenvalue weighted by atomic mass is 9.97. The number of nitrogens with zero attached hydrogens (tertiary/aromatic N) is 1. The highest BCUT2D eigenvalue weighted by Crippen LogP contribution is 2.30. The molecule has 4 heteroatoms. The molecule has 0 bridgehead atoms. The van der Waals surface area contributed by atoms with Gasteiger partial charge in [-0.25, -0.2) is 0 Å². The number of dihydropyridines is 1. The van der Waals surface area contributed by atoms with Crippen molar-refractivity contribution in [2.75, 3.05) is 0 Å². The van der Waals surface area contributed by atoms with E-state index in [1.54, 1.807) is 6.20 Å². The molecule has 0 fully saturated rings. The zero-order valence-corrected chi connectivity index (χ0v) is 12.0. The molecule has 1 aliphatic rings. The van der Waals surface area contributed by atoms with Crippen LogP contribution in [0.15, 0.2) is 48.2 Å². The second-order valence-electron chi connectivity index (χ2n) is 4.10. The summed E-state index contributed by atoms with van der Waals surface area (Å²) in [4.78, 5) is 0. The number of hydrogen-bond donors (Lipinski definition) is 1. The van der Waals surface area contributed by atoms with E-state index in [1.807, 2.05) is 36.4 Å². The number of halogens is 2. The molecule has 0 aromatic heterocycles. The van der Waals surface area contributed by atoms with Gasteiger partial charge < -0.3 is 5.32 Å². The number of aryl methyl sites for hydroxylation is 1. The van der Waals surface area contributed by atoms with Crippen molar-refractivity contribution in [3.05, 3.63) is 58.8 Å². The van der Waals surface area contributed by atoms with Crippen molar-refractivity contribution in [2.24, 2.45) is 0 Å². The molecule has 1 unspecified atom stereocenters. The molecule has 2 nitrogen and oxygen atoms in total. The van der Waals surface area contributed by atoms with Crippen molar-refractivity contribution >= 4 is 27.5 Å². The Kier molecular flexibility index (Phi) is 4.11. The Balaban J connectivity index is 2.08. The predicted octanol–water partition coefficient (Wildman–Crippen LogP) is 3.93. The van der Waals surface area contributed by atoms with Gasteiger partial charge in [0.25, 0.3) is 0 Å². The van der Waals surface area contributed by atoms with Crippen LogP contribution in [0.5, 0.6) is 0 Å². The molecular weight excluding hydrogens is 312 g/mol. The molecular formula is C14H12BrClN2. The van der Waals surface area contributed by atoms with E-state index in [0.29, 0.717) is 0 Å². The van der Waals surface area contributed by atoms with E-state index in [4.69, 9.17) is 11.6 Å². The first-order chi connectivity index (χ1) is 8.64. The number of benzene rings is 1. The predicted molar refractivity (Wildman–Crippen MR) is 77.4 cm³/mol. The van der Waals surface area contributed by atoms with Gasteiger partial charge in [-0.1, -0.05) is 29.8 Å². The summed E-state index contributed by atoms with van der Waals surface area (Å²) in [6.45, 7) is 0. The molecule has 0 spiro atoms. The molecule has 0 saturated heterocycles. The maximum Gasteiger partial charge on any atom is 0.202 e. The second kappa shape index (κ2) is 5.60. The van der Waals surface area contributed by atoms with Crippen LogP contribution in [0.25, 0.3) is 0 Å². The molecule has 1 atom stereocenters. The molecule has 92 valence electrons. The maximum atomic E-state index is 9.21. The van der Waals surface area contributed by atoms with Gasteiger partial charge in [-0.2, -0.15) is 5.26 Å². The number of hydrogen-bond acceptors (Lipinski definition) is 2. The quantitative estimate of drug-likeness (QED) is 0.676. The smallest absolute Gasteiger partial charge is 0.202 e. The average Bonchev–Trinajstić information content (AvgIpc) is 2.38. The summed E-state index contributed by atoms with van der Waals surface area (Å²) in [5.74, 6) is 0. The highest BCUT2D eigenvalue weighted by Gasteiger charge is 2.30. The van der Waals surface area contributed by atoms with Gasteiger partial charge in [0, 0.05) is 5.02 Å². The molecule has 1 N–H and O–H groups in total. The monoisotopic (exact) mass is 322 g/mol. The van der Waals surface area contributed by atoms with E-state index >= 15 is 0 Å². The number of alkyl halides is 1. The molecule has 0 radical (unpaired) electrons. The molecule has 0 amide bonds. The van der Waals surface area contributed by atoms with Crippen LogP contribution in [0.1, 0.15) is 12.0 Å². The Morgan fingerprint density at radius 1 is 1.39 bits per heavy atom. The van der Waals surface area contributed by atoms with E-state index in [0.717, 1.165) is 23.4 Å². The van der Waals surface area contributed by atoms with Gasteiger partial charge >= 0.3 is 0 Å². The van der Waals surface area contributed by atoms with E-state index in [9.17, 15) is 5.26 Å². The Morgan fingerprint density at radius 2 is 2.22 bits per heavy atom. The molecule has 0 saturated carbocycles. The molecule has 2 rings (SSSR count). The van der Waals surface area contributed by atoms with Gasteiger partial charge in [0.05, 0.1) is 0 Å². The third-order valence-corrected chi connectivity index (χ3v) is 4.00. The Hall–Kier alpha value is -1.24. The topological polar surface area (TPSA) is 35.8 Å². The molecule has 1 heterocycles. The zero-order valence-electron chi connectivity index (χ0n) is 9.66. The number of allylic oxidation sites excluding steroid dienone is 2. The minimum absolute atomic E-state index is 0.744. The first kappa shape index (κ1) is 13.2. The van der Waals surface area contributed by atoms with Crippen LogP contribution in [0.2, 0.25) is 5.02 Å². The Bertz CT molecular complexity index is 545. The summed E-state index contributed by atoms with van der Waals surface area (Å²) in [5, 5.41) is 13.0. The lowest BCUT2D eigenvalue weighted by Gasteiger charge is -2.26. The van der Waals surface area contributed by atoms with Crippen molar-refractivity contribution < 1.29 is 0 Å². The minimum atomic E-state index is -0.777. The Morgan fingerprint density at radius 3 is 2.94 bits per heavy atom. The average molecular weight is 324 g/mol. The van der Waals surface area contributed by atoms with Crippen molar-refractivity contribution in [1.82, 2.24) is 5.32 Å². The van der Waals surface area contributed by atoms with Crippen LogP contribution < -0.4 is 5.32 Å². The third kappa shape index (κ3) is 2.95. The summed E-state index contributed by atoms with van der Waals surface area (Å²) < 4.78 is -0.777. The fourth-order valence-corrected chi connectivity index (χ4v) is 2.54. The summed E-state index contributed by atoms with van der Waals surface area (Å²) in [6, 6.07) is 10.0. The van der Waals surface area contributed by atoms with Crippen molar-refractivity contribution in [3.8, 4) is 6.07 Å². The second-order valence-corrected chi connectivity index (χ2v) is 5.72. The number of nitrogens with one attached hydrogen (secondary N) is 1. The van der Waals surface area contributed by atoms with E-state index < -0.39 is 4.45 Å². The fourth-order valence-electron chi connectivity index (χ4n) is 1.87. The summed E-state index contributed by atoms with van der Waals surface area (Å²) in [5.41, 5.74) is 2.19. The SMILES string of the molecule is N#CC1(Br)NC=CC=C1CCc1cccc(Cl)c1. The normalized spacial score (nSPS) is 21.9.